The van der Waals surface area contributed by atoms with Crippen molar-refractivity contribution in [3.8, 4) is 17.2 Å². The number of ether oxygens (including phenoxy) is 3. The van der Waals surface area contributed by atoms with Crippen LogP contribution in [0.3, 0.4) is 0 Å². The maximum Gasteiger partial charge on any atom is 0.325 e. The quantitative estimate of drug-likeness (QED) is 0.611. The van der Waals surface area contributed by atoms with Crippen LogP contribution in [0.15, 0.2) is 42.5 Å². The van der Waals surface area contributed by atoms with Gasteiger partial charge in [0.05, 0.1) is 32.6 Å². The average Bonchev–Trinajstić information content (AvgIpc) is 2.69. The number of anilines is 2. The minimum atomic E-state index is -0.640. The third kappa shape index (κ3) is 6.08. The van der Waals surface area contributed by atoms with Gasteiger partial charge < -0.3 is 24.8 Å². The van der Waals surface area contributed by atoms with Crippen LogP contribution in [0.5, 0.6) is 17.2 Å². The van der Waals surface area contributed by atoms with Gasteiger partial charge >= 0.3 is 6.03 Å². The Morgan fingerprint density at radius 1 is 0.929 bits per heavy atom. The van der Waals surface area contributed by atoms with E-state index in [1.807, 2.05) is 26.0 Å². The molecule has 0 heterocycles. The zero-order valence-corrected chi connectivity index (χ0v) is 16.2. The number of urea groups is 1. The maximum atomic E-state index is 12.1. The summed E-state index contributed by atoms with van der Waals surface area (Å²) in [5, 5.41) is 7.79. The highest BCUT2D eigenvalue weighted by Crippen LogP contribution is 2.30. The summed E-state index contributed by atoms with van der Waals surface area (Å²) >= 11 is 0. The number of nitrogens with one attached hydrogen (secondary N) is 3. The van der Waals surface area contributed by atoms with Crippen molar-refractivity contribution in [1.29, 1.82) is 0 Å². The first kappa shape index (κ1) is 20.9. The molecule has 8 nitrogen and oxygen atoms in total. The number of para-hydroxylation sites is 2. The number of carbonyl (C=O) groups excluding carboxylic acids is 2. The number of benzene rings is 2. The predicted octanol–water partition coefficient (Wildman–Crippen LogP) is 3.25. The fraction of sp³-hybridized carbons (Fsp3) is 0.300. The van der Waals surface area contributed by atoms with E-state index in [1.165, 1.54) is 0 Å². The first-order valence-corrected chi connectivity index (χ1v) is 8.94. The third-order valence-corrected chi connectivity index (χ3v) is 3.60. The monoisotopic (exact) mass is 387 g/mol. The van der Waals surface area contributed by atoms with Gasteiger partial charge in [0.15, 0.2) is 11.5 Å². The molecule has 8 heteroatoms. The fourth-order valence-corrected chi connectivity index (χ4v) is 2.43. The van der Waals surface area contributed by atoms with E-state index < -0.39 is 11.9 Å². The van der Waals surface area contributed by atoms with Gasteiger partial charge in [0.2, 0.25) is 5.91 Å². The number of hydrogen-bond acceptors (Lipinski definition) is 6. The van der Waals surface area contributed by atoms with Gasteiger partial charge in [0.1, 0.15) is 5.75 Å². The minimum absolute atomic E-state index is 0.0821. The summed E-state index contributed by atoms with van der Waals surface area (Å²) in [7, 11) is 1.54. The van der Waals surface area contributed by atoms with Gasteiger partial charge in [-0.1, -0.05) is 12.1 Å². The second kappa shape index (κ2) is 10.7. The van der Waals surface area contributed by atoms with E-state index in [0.717, 1.165) is 0 Å². The standard InChI is InChI=1S/C20H25N3O5/c1-4-27-17-11-10-14(12-18(17)28-5-2)22-20(25)23-19(24)13-21-15-8-6-7-9-16(15)26-3/h6-12,21H,4-5,13H2,1-3H3,(H2,22,23,24,25). The smallest absolute Gasteiger partial charge is 0.325 e. The minimum Gasteiger partial charge on any atom is -0.495 e. The Balaban J connectivity index is 1.90. The second-order valence-corrected chi connectivity index (χ2v) is 5.58. The van der Waals surface area contributed by atoms with Gasteiger partial charge in [-0.05, 0) is 38.1 Å². The van der Waals surface area contributed by atoms with Crippen LogP contribution >= 0.6 is 0 Å². The van der Waals surface area contributed by atoms with Crippen molar-refractivity contribution in [1.82, 2.24) is 5.32 Å². The average molecular weight is 387 g/mol. The first-order valence-electron chi connectivity index (χ1n) is 8.94. The molecule has 0 fully saturated rings. The van der Waals surface area contributed by atoms with Gasteiger partial charge in [-0.3, -0.25) is 10.1 Å². The topological polar surface area (TPSA) is 97.9 Å². The number of imide groups is 1. The van der Waals surface area contributed by atoms with E-state index in [4.69, 9.17) is 14.2 Å². The van der Waals surface area contributed by atoms with E-state index in [1.54, 1.807) is 37.4 Å². The van der Waals surface area contributed by atoms with Crippen molar-refractivity contribution in [2.45, 2.75) is 13.8 Å². The second-order valence-electron chi connectivity index (χ2n) is 5.58. The molecule has 0 spiro atoms. The Morgan fingerprint density at radius 2 is 1.64 bits per heavy atom. The van der Waals surface area contributed by atoms with Crippen LogP contribution in [0, 0.1) is 0 Å². The largest absolute Gasteiger partial charge is 0.495 e. The lowest BCUT2D eigenvalue weighted by molar-refractivity contribution is -0.118. The highest BCUT2D eigenvalue weighted by Gasteiger charge is 2.11. The summed E-state index contributed by atoms with van der Waals surface area (Å²) in [4.78, 5) is 24.1. The molecule has 0 aliphatic heterocycles. The van der Waals surface area contributed by atoms with Crippen molar-refractivity contribution < 1.29 is 23.8 Å². The van der Waals surface area contributed by atoms with Crippen LogP contribution in [0.1, 0.15) is 13.8 Å². The van der Waals surface area contributed by atoms with Crippen LogP contribution in [-0.2, 0) is 4.79 Å². The Kier molecular flexibility index (Phi) is 7.95. The van der Waals surface area contributed by atoms with E-state index in [0.29, 0.717) is 41.8 Å². The molecule has 3 amide bonds. The van der Waals surface area contributed by atoms with Gasteiger partial charge in [0.25, 0.3) is 0 Å². The first-order chi connectivity index (χ1) is 13.6. The van der Waals surface area contributed by atoms with E-state index in [2.05, 4.69) is 16.0 Å². The summed E-state index contributed by atoms with van der Waals surface area (Å²) < 4.78 is 16.2. The highest BCUT2D eigenvalue weighted by molar-refractivity contribution is 6.02. The molecular formula is C20H25N3O5. The molecule has 0 saturated carbocycles. The molecule has 0 atom stereocenters. The molecule has 0 bridgehead atoms. The molecule has 2 aromatic rings. The summed E-state index contributed by atoms with van der Waals surface area (Å²) in [5.74, 6) is 1.23. The summed E-state index contributed by atoms with van der Waals surface area (Å²) in [6.45, 7) is 4.61. The normalized spacial score (nSPS) is 9.96. The van der Waals surface area contributed by atoms with E-state index >= 15 is 0 Å². The van der Waals surface area contributed by atoms with Gasteiger partial charge in [-0.15, -0.1) is 0 Å². The summed E-state index contributed by atoms with van der Waals surface area (Å²) in [6, 6.07) is 11.6. The third-order valence-electron chi connectivity index (χ3n) is 3.60. The zero-order valence-electron chi connectivity index (χ0n) is 16.2. The Morgan fingerprint density at radius 3 is 2.36 bits per heavy atom. The molecule has 0 saturated heterocycles. The summed E-state index contributed by atoms with van der Waals surface area (Å²) in [6.07, 6.45) is 0. The van der Waals surface area contributed by atoms with Crippen LogP contribution in [-0.4, -0.2) is 38.8 Å². The molecule has 28 heavy (non-hydrogen) atoms. The molecule has 2 rings (SSSR count). The van der Waals surface area contributed by atoms with Crippen molar-refractivity contribution in [3.05, 3.63) is 42.5 Å². The van der Waals surface area contributed by atoms with Crippen LogP contribution < -0.4 is 30.2 Å². The lowest BCUT2D eigenvalue weighted by atomic mass is 10.2. The van der Waals surface area contributed by atoms with E-state index in [9.17, 15) is 9.59 Å². The van der Waals surface area contributed by atoms with Crippen LogP contribution in [0.2, 0.25) is 0 Å². The number of rotatable bonds is 9. The number of amides is 3. The van der Waals surface area contributed by atoms with E-state index in [-0.39, 0.29) is 6.54 Å². The molecule has 3 N–H and O–H groups in total. The highest BCUT2D eigenvalue weighted by atomic mass is 16.5. The molecule has 150 valence electrons. The summed E-state index contributed by atoms with van der Waals surface area (Å²) in [5.41, 5.74) is 1.14. The van der Waals surface area contributed by atoms with Crippen molar-refractivity contribution >= 4 is 23.3 Å². The van der Waals surface area contributed by atoms with Crippen molar-refractivity contribution in [2.75, 3.05) is 37.5 Å². The van der Waals surface area contributed by atoms with Crippen molar-refractivity contribution in [2.24, 2.45) is 0 Å². The molecule has 0 aliphatic carbocycles. The molecule has 0 aliphatic rings. The SMILES string of the molecule is CCOc1ccc(NC(=O)NC(=O)CNc2ccccc2OC)cc1OCC. The van der Waals surface area contributed by atoms with Crippen LogP contribution in [0.4, 0.5) is 16.2 Å². The lowest BCUT2D eigenvalue weighted by Crippen LogP contribution is -2.38. The maximum absolute atomic E-state index is 12.1. The predicted molar refractivity (Wildman–Crippen MR) is 107 cm³/mol. The number of methoxy groups -OCH3 is 1. The fourth-order valence-electron chi connectivity index (χ4n) is 2.43. The number of carbonyl (C=O) groups is 2. The number of hydrogen-bond donors (Lipinski definition) is 3. The molecule has 0 unspecified atom stereocenters. The van der Waals surface area contributed by atoms with Crippen LogP contribution in [0.25, 0.3) is 0 Å². The van der Waals surface area contributed by atoms with Crippen molar-refractivity contribution in [3.63, 3.8) is 0 Å². The molecule has 0 radical (unpaired) electrons. The lowest BCUT2D eigenvalue weighted by Gasteiger charge is -2.13. The molecular weight excluding hydrogens is 362 g/mol. The Bertz CT molecular complexity index is 810. The molecule has 0 aromatic heterocycles. The van der Waals surface area contributed by atoms with Gasteiger partial charge in [-0.25, -0.2) is 4.79 Å². The molecule has 2 aromatic carbocycles. The zero-order chi connectivity index (χ0) is 20.4. The Hall–Kier alpha value is -3.42. The Labute approximate surface area is 164 Å². The van der Waals surface area contributed by atoms with Gasteiger partial charge in [0, 0.05) is 11.8 Å². The van der Waals surface area contributed by atoms with Gasteiger partial charge in [-0.2, -0.15) is 0 Å².